The Bertz CT molecular complexity index is 62.8. The Balaban J connectivity index is 3.00. The molecule has 0 spiro atoms. The zero-order valence-corrected chi connectivity index (χ0v) is 6.67. The number of hydrazine groups is 1. The number of nitrogens with zero attached hydrogens (tertiary/aromatic N) is 1. The zero-order valence-electron chi connectivity index (χ0n) is 6.67. The van der Waals surface area contributed by atoms with E-state index < -0.39 is 0 Å². The van der Waals surface area contributed by atoms with Crippen molar-refractivity contribution < 1.29 is 9.47 Å². The van der Waals surface area contributed by atoms with Crippen LogP contribution in [0.1, 0.15) is 0 Å². The highest BCUT2D eigenvalue weighted by Crippen LogP contribution is 1.78. The van der Waals surface area contributed by atoms with Gasteiger partial charge in [-0.05, 0) is 0 Å². The molecule has 0 saturated heterocycles. The summed E-state index contributed by atoms with van der Waals surface area (Å²) in [6.45, 7) is 2.83. The van der Waals surface area contributed by atoms with Crippen LogP contribution in [0.5, 0.6) is 0 Å². The maximum absolute atomic E-state index is 5.52. The first-order valence-electron chi connectivity index (χ1n) is 3.28. The zero-order chi connectivity index (χ0) is 7.82. The van der Waals surface area contributed by atoms with Gasteiger partial charge >= 0.3 is 0 Å². The fourth-order valence-electron chi connectivity index (χ4n) is 0.529. The van der Waals surface area contributed by atoms with Crippen molar-refractivity contribution in [2.24, 2.45) is 5.84 Å². The van der Waals surface area contributed by atoms with Gasteiger partial charge in [0.15, 0.2) is 0 Å². The first-order chi connectivity index (χ1) is 4.81. The molecule has 2 N–H and O–H groups in total. The van der Waals surface area contributed by atoms with Crippen LogP contribution in [0.3, 0.4) is 0 Å². The summed E-state index contributed by atoms with van der Waals surface area (Å²) in [5.74, 6) is 5.52. The molecule has 0 aromatic heterocycles. The van der Waals surface area contributed by atoms with E-state index in [0.29, 0.717) is 13.2 Å². The SMILES string of the molecule is COCCN(N)CCOC. The van der Waals surface area contributed by atoms with Gasteiger partial charge in [0.25, 0.3) is 0 Å². The lowest BCUT2D eigenvalue weighted by atomic mass is 10.6. The van der Waals surface area contributed by atoms with Gasteiger partial charge in [0.2, 0.25) is 0 Å². The maximum atomic E-state index is 5.52. The van der Waals surface area contributed by atoms with Crippen molar-refractivity contribution in [2.75, 3.05) is 40.5 Å². The molecule has 0 fully saturated rings. The third kappa shape index (κ3) is 5.97. The topological polar surface area (TPSA) is 47.7 Å². The van der Waals surface area contributed by atoms with Gasteiger partial charge in [0, 0.05) is 27.3 Å². The van der Waals surface area contributed by atoms with Crippen LogP contribution in [0.2, 0.25) is 0 Å². The van der Waals surface area contributed by atoms with Gasteiger partial charge in [-0.15, -0.1) is 0 Å². The van der Waals surface area contributed by atoms with Gasteiger partial charge in [0.1, 0.15) is 0 Å². The molecule has 0 heterocycles. The molecule has 0 aromatic rings. The quantitative estimate of drug-likeness (QED) is 0.406. The molecule has 0 rings (SSSR count). The molecule has 62 valence electrons. The average Bonchev–Trinajstić information content (AvgIpc) is 1.97. The standard InChI is InChI=1S/C6H16N2O2/c1-9-5-3-8(7)4-6-10-2/h3-7H2,1-2H3. The van der Waals surface area contributed by atoms with E-state index in [9.17, 15) is 0 Å². The molecule has 0 atom stereocenters. The van der Waals surface area contributed by atoms with E-state index in [1.165, 1.54) is 0 Å². The molecule has 0 aromatic carbocycles. The van der Waals surface area contributed by atoms with E-state index in [0.717, 1.165) is 13.1 Å². The van der Waals surface area contributed by atoms with E-state index in [4.69, 9.17) is 15.3 Å². The number of nitrogens with two attached hydrogens (primary N) is 1. The number of rotatable bonds is 6. The second-order valence-electron chi connectivity index (χ2n) is 2.02. The molecular formula is C6H16N2O2. The molecule has 4 heteroatoms. The number of ether oxygens (including phenoxy) is 2. The Labute approximate surface area is 61.9 Å². The molecule has 0 unspecified atom stereocenters. The Morgan fingerprint density at radius 2 is 1.50 bits per heavy atom. The minimum Gasteiger partial charge on any atom is -0.383 e. The Morgan fingerprint density at radius 3 is 1.80 bits per heavy atom. The van der Waals surface area contributed by atoms with Gasteiger partial charge in [-0.2, -0.15) is 0 Å². The third-order valence-corrected chi connectivity index (χ3v) is 1.17. The van der Waals surface area contributed by atoms with Crippen molar-refractivity contribution in [3.63, 3.8) is 0 Å². The van der Waals surface area contributed by atoms with E-state index in [-0.39, 0.29) is 0 Å². The first kappa shape index (κ1) is 9.84. The summed E-state index contributed by atoms with van der Waals surface area (Å²) < 4.78 is 9.66. The summed E-state index contributed by atoms with van der Waals surface area (Å²) >= 11 is 0. The first-order valence-corrected chi connectivity index (χ1v) is 3.28. The van der Waals surface area contributed by atoms with Gasteiger partial charge in [-0.3, -0.25) is 5.84 Å². The normalized spacial score (nSPS) is 10.8. The molecule has 0 amide bonds. The molecule has 4 nitrogen and oxygen atoms in total. The van der Waals surface area contributed by atoms with E-state index in [1.54, 1.807) is 19.2 Å². The molecular weight excluding hydrogens is 132 g/mol. The highest BCUT2D eigenvalue weighted by atomic mass is 16.5. The van der Waals surface area contributed by atoms with Gasteiger partial charge in [-0.25, -0.2) is 5.01 Å². The third-order valence-electron chi connectivity index (χ3n) is 1.17. The molecule has 0 aliphatic heterocycles. The van der Waals surface area contributed by atoms with Crippen molar-refractivity contribution in [3.8, 4) is 0 Å². The highest BCUT2D eigenvalue weighted by Gasteiger charge is 1.95. The van der Waals surface area contributed by atoms with E-state index in [2.05, 4.69) is 0 Å². The van der Waals surface area contributed by atoms with Crippen LogP contribution in [-0.4, -0.2) is 45.5 Å². The van der Waals surface area contributed by atoms with Crippen LogP contribution < -0.4 is 5.84 Å². The minimum atomic E-state index is 0.667. The largest absolute Gasteiger partial charge is 0.383 e. The maximum Gasteiger partial charge on any atom is 0.0603 e. The molecule has 10 heavy (non-hydrogen) atoms. The number of methoxy groups -OCH3 is 2. The van der Waals surface area contributed by atoms with Crippen molar-refractivity contribution in [1.82, 2.24) is 5.01 Å². The summed E-state index contributed by atoms with van der Waals surface area (Å²) in [6.07, 6.45) is 0. The lowest BCUT2D eigenvalue weighted by molar-refractivity contribution is 0.115. The molecule has 0 radical (unpaired) electrons. The Hall–Kier alpha value is -0.160. The fourth-order valence-corrected chi connectivity index (χ4v) is 0.529. The van der Waals surface area contributed by atoms with Crippen LogP contribution in [0.25, 0.3) is 0 Å². The summed E-state index contributed by atoms with van der Waals surface area (Å²) in [7, 11) is 3.31. The lowest BCUT2D eigenvalue weighted by Crippen LogP contribution is -2.36. The van der Waals surface area contributed by atoms with Crippen LogP contribution >= 0.6 is 0 Å². The predicted octanol–water partition coefficient (Wildman–Crippen LogP) is -0.545. The predicted molar refractivity (Wildman–Crippen MR) is 39.5 cm³/mol. The average molecular weight is 148 g/mol. The van der Waals surface area contributed by atoms with Crippen molar-refractivity contribution >= 4 is 0 Å². The van der Waals surface area contributed by atoms with E-state index >= 15 is 0 Å². The fraction of sp³-hybridized carbons (Fsp3) is 1.00. The van der Waals surface area contributed by atoms with Gasteiger partial charge in [0.05, 0.1) is 13.2 Å². The molecule has 0 aliphatic carbocycles. The van der Waals surface area contributed by atoms with E-state index in [1.807, 2.05) is 0 Å². The van der Waals surface area contributed by atoms with Crippen LogP contribution in [-0.2, 0) is 9.47 Å². The highest BCUT2D eigenvalue weighted by molar-refractivity contribution is 4.45. The molecule has 0 bridgehead atoms. The summed E-state index contributed by atoms with van der Waals surface area (Å²) in [6, 6.07) is 0. The monoisotopic (exact) mass is 148 g/mol. The summed E-state index contributed by atoms with van der Waals surface area (Å²) in [4.78, 5) is 0. The van der Waals surface area contributed by atoms with Crippen LogP contribution in [0.15, 0.2) is 0 Å². The van der Waals surface area contributed by atoms with Crippen molar-refractivity contribution in [3.05, 3.63) is 0 Å². The Morgan fingerprint density at radius 1 is 1.10 bits per heavy atom. The summed E-state index contributed by atoms with van der Waals surface area (Å²) in [5.41, 5.74) is 0. The second kappa shape index (κ2) is 6.95. The van der Waals surface area contributed by atoms with Crippen LogP contribution in [0.4, 0.5) is 0 Å². The molecule has 0 aliphatic rings. The van der Waals surface area contributed by atoms with Crippen LogP contribution in [0, 0.1) is 0 Å². The lowest BCUT2D eigenvalue weighted by Gasteiger charge is -2.14. The van der Waals surface area contributed by atoms with Crippen molar-refractivity contribution in [1.29, 1.82) is 0 Å². The van der Waals surface area contributed by atoms with Gasteiger partial charge < -0.3 is 9.47 Å². The number of hydrogen-bond acceptors (Lipinski definition) is 4. The van der Waals surface area contributed by atoms with Gasteiger partial charge in [-0.1, -0.05) is 0 Å². The summed E-state index contributed by atoms with van der Waals surface area (Å²) in [5, 5.41) is 1.67. The minimum absolute atomic E-state index is 0.667. The number of hydrogen-bond donors (Lipinski definition) is 1. The van der Waals surface area contributed by atoms with Crippen molar-refractivity contribution in [2.45, 2.75) is 0 Å². The Kier molecular flexibility index (Phi) is 6.84. The second-order valence-corrected chi connectivity index (χ2v) is 2.02. The molecule has 0 saturated carbocycles. The smallest absolute Gasteiger partial charge is 0.0603 e.